The molecule has 0 aliphatic rings. The zero-order valence-electron chi connectivity index (χ0n) is 6.11. The summed E-state index contributed by atoms with van der Waals surface area (Å²) < 4.78 is 0. The smallest absolute Gasteiger partial charge is 0.185 e. The van der Waals surface area contributed by atoms with E-state index in [-0.39, 0.29) is 10.3 Å². The third-order valence-corrected chi connectivity index (χ3v) is 3.07. The summed E-state index contributed by atoms with van der Waals surface area (Å²) in [4.78, 5) is 1.09. The molecule has 0 atom stereocenters. The molecule has 70 valence electrons. The Morgan fingerprint density at radius 1 is 1.08 bits per heavy atom. The van der Waals surface area contributed by atoms with E-state index in [2.05, 4.69) is 10.3 Å². The molecule has 1 rings (SSSR count). The van der Waals surface area contributed by atoms with E-state index in [1.165, 1.54) is 0 Å². The normalized spacial score (nSPS) is 13.4. The molecule has 0 fully saturated rings. The Labute approximate surface area is 87.7 Å². The van der Waals surface area contributed by atoms with Crippen LogP contribution in [0.2, 0.25) is 0 Å². The first-order valence-corrected chi connectivity index (χ1v) is 4.62. The molecule has 0 radical (unpaired) electrons. The lowest BCUT2D eigenvalue weighted by Crippen LogP contribution is -1.85. The molecule has 2 N–H and O–H groups in total. The molecule has 0 spiro atoms. The molecule has 4 nitrogen and oxygen atoms in total. The first-order chi connectivity index (χ1) is 6.19. The van der Waals surface area contributed by atoms with E-state index < -0.39 is 0 Å². The summed E-state index contributed by atoms with van der Waals surface area (Å²) in [5.41, 5.74) is 0. The van der Waals surface area contributed by atoms with E-state index in [4.69, 9.17) is 33.6 Å². The standard InChI is InChI=1S/C6H4Cl2N2O2S/c7-5(9-11)3-1-2-4(13-3)6(8)10-12/h1-2,11-12H/b9-5-,10-6-. The van der Waals surface area contributed by atoms with Crippen molar-refractivity contribution < 1.29 is 10.4 Å². The fourth-order valence-electron chi connectivity index (χ4n) is 0.658. The van der Waals surface area contributed by atoms with Crippen LogP contribution in [-0.4, -0.2) is 20.8 Å². The van der Waals surface area contributed by atoms with Crippen LogP contribution in [0.25, 0.3) is 0 Å². The number of rotatable bonds is 2. The molecule has 1 aromatic rings. The maximum Gasteiger partial charge on any atom is 0.185 e. The monoisotopic (exact) mass is 238 g/mol. The van der Waals surface area contributed by atoms with Crippen LogP contribution >= 0.6 is 34.5 Å². The number of hydrogen-bond donors (Lipinski definition) is 2. The van der Waals surface area contributed by atoms with Gasteiger partial charge in [0, 0.05) is 0 Å². The summed E-state index contributed by atoms with van der Waals surface area (Å²) in [5, 5.41) is 22.2. The van der Waals surface area contributed by atoms with Crippen molar-refractivity contribution in [2.75, 3.05) is 0 Å². The number of oxime groups is 2. The lowest BCUT2D eigenvalue weighted by molar-refractivity contribution is 0.320. The summed E-state index contributed by atoms with van der Waals surface area (Å²) in [7, 11) is 0. The first-order valence-electron chi connectivity index (χ1n) is 3.04. The third-order valence-electron chi connectivity index (χ3n) is 1.19. The van der Waals surface area contributed by atoms with E-state index in [0.717, 1.165) is 11.3 Å². The van der Waals surface area contributed by atoms with E-state index in [9.17, 15) is 0 Å². The number of halogens is 2. The van der Waals surface area contributed by atoms with Crippen molar-refractivity contribution in [1.29, 1.82) is 0 Å². The molecular weight excluding hydrogens is 235 g/mol. The van der Waals surface area contributed by atoms with E-state index in [1.54, 1.807) is 12.1 Å². The minimum atomic E-state index is -0.0290. The SMILES string of the molecule is O/N=C(\Cl)c1ccc(/C(Cl)=N/O)s1. The Hall–Kier alpha value is -0.780. The summed E-state index contributed by atoms with van der Waals surface area (Å²) in [5.74, 6) is 0. The zero-order chi connectivity index (χ0) is 9.84. The van der Waals surface area contributed by atoms with Gasteiger partial charge in [-0.1, -0.05) is 33.5 Å². The predicted molar refractivity (Wildman–Crippen MR) is 52.7 cm³/mol. The average molecular weight is 239 g/mol. The van der Waals surface area contributed by atoms with Crippen LogP contribution in [0.15, 0.2) is 22.4 Å². The van der Waals surface area contributed by atoms with E-state index in [0.29, 0.717) is 9.75 Å². The van der Waals surface area contributed by atoms with E-state index in [1.807, 2.05) is 0 Å². The molecule has 0 aromatic carbocycles. The third kappa shape index (κ3) is 2.33. The van der Waals surface area contributed by atoms with Crippen molar-refractivity contribution in [3.05, 3.63) is 21.9 Å². The molecule has 0 amide bonds. The van der Waals surface area contributed by atoms with Gasteiger partial charge in [-0.05, 0) is 12.1 Å². The van der Waals surface area contributed by atoms with Gasteiger partial charge in [0.25, 0.3) is 0 Å². The van der Waals surface area contributed by atoms with Crippen molar-refractivity contribution in [1.82, 2.24) is 0 Å². The Kier molecular flexibility index (Phi) is 3.53. The van der Waals surface area contributed by atoms with Crippen LogP contribution in [-0.2, 0) is 0 Å². The van der Waals surface area contributed by atoms with Gasteiger partial charge in [0.05, 0.1) is 9.75 Å². The molecule has 7 heteroatoms. The van der Waals surface area contributed by atoms with Gasteiger partial charge < -0.3 is 10.4 Å². The second-order valence-electron chi connectivity index (χ2n) is 1.95. The summed E-state index contributed by atoms with van der Waals surface area (Å²) in [6, 6.07) is 3.21. The summed E-state index contributed by atoms with van der Waals surface area (Å²) >= 11 is 12.2. The molecule has 0 aliphatic heterocycles. The van der Waals surface area contributed by atoms with Crippen molar-refractivity contribution in [3.8, 4) is 0 Å². The lowest BCUT2D eigenvalue weighted by atomic mass is 10.4. The molecule has 13 heavy (non-hydrogen) atoms. The van der Waals surface area contributed by atoms with Gasteiger partial charge in [0.2, 0.25) is 0 Å². The van der Waals surface area contributed by atoms with Gasteiger partial charge in [0.15, 0.2) is 10.3 Å². The second-order valence-corrected chi connectivity index (χ2v) is 3.75. The number of thiophene rings is 1. The van der Waals surface area contributed by atoms with Crippen molar-refractivity contribution in [2.45, 2.75) is 0 Å². The van der Waals surface area contributed by atoms with Gasteiger partial charge in [-0.3, -0.25) is 0 Å². The molecule has 0 saturated carbocycles. The van der Waals surface area contributed by atoms with Gasteiger partial charge in [0.1, 0.15) is 0 Å². The number of hydrogen-bond acceptors (Lipinski definition) is 5. The molecule has 0 aliphatic carbocycles. The van der Waals surface area contributed by atoms with Crippen LogP contribution in [0.3, 0.4) is 0 Å². The Balaban J connectivity index is 3.00. The fourth-order valence-corrected chi connectivity index (χ4v) is 1.77. The first kappa shape index (κ1) is 10.3. The molecule has 0 bridgehead atoms. The minimum Gasteiger partial charge on any atom is -0.410 e. The van der Waals surface area contributed by atoms with Crippen LogP contribution in [0.1, 0.15) is 9.75 Å². The van der Waals surface area contributed by atoms with Crippen LogP contribution in [0.4, 0.5) is 0 Å². The largest absolute Gasteiger partial charge is 0.410 e. The topological polar surface area (TPSA) is 65.2 Å². The minimum absolute atomic E-state index is 0.0290. The lowest BCUT2D eigenvalue weighted by Gasteiger charge is -1.88. The highest BCUT2D eigenvalue weighted by atomic mass is 35.5. The Bertz CT molecular complexity index is 329. The van der Waals surface area contributed by atoms with Gasteiger partial charge in [-0.25, -0.2) is 0 Å². The van der Waals surface area contributed by atoms with Crippen LogP contribution < -0.4 is 0 Å². The fraction of sp³-hybridized carbons (Fsp3) is 0. The maximum absolute atomic E-state index is 8.34. The summed E-state index contributed by atoms with van der Waals surface area (Å²) in [6.07, 6.45) is 0. The quantitative estimate of drug-likeness (QED) is 0.473. The average Bonchev–Trinajstić information content (AvgIpc) is 2.64. The Morgan fingerprint density at radius 3 is 1.77 bits per heavy atom. The van der Waals surface area contributed by atoms with Crippen LogP contribution in [0, 0.1) is 0 Å². The number of nitrogens with zero attached hydrogens (tertiary/aromatic N) is 2. The molecule has 0 unspecified atom stereocenters. The highest BCUT2D eigenvalue weighted by molar-refractivity contribution is 7.19. The van der Waals surface area contributed by atoms with Gasteiger partial charge >= 0.3 is 0 Å². The molecule has 0 saturated heterocycles. The molecule has 1 aromatic heterocycles. The highest BCUT2D eigenvalue weighted by Crippen LogP contribution is 2.20. The van der Waals surface area contributed by atoms with Crippen molar-refractivity contribution in [2.24, 2.45) is 10.3 Å². The zero-order valence-corrected chi connectivity index (χ0v) is 8.44. The maximum atomic E-state index is 8.34. The van der Waals surface area contributed by atoms with Crippen LogP contribution in [0.5, 0.6) is 0 Å². The van der Waals surface area contributed by atoms with Crippen molar-refractivity contribution in [3.63, 3.8) is 0 Å². The summed E-state index contributed by atoms with van der Waals surface area (Å²) in [6.45, 7) is 0. The molecular formula is C6H4Cl2N2O2S. The second kappa shape index (κ2) is 4.45. The van der Waals surface area contributed by atoms with E-state index >= 15 is 0 Å². The molecule has 1 heterocycles. The van der Waals surface area contributed by atoms with Crippen molar-refractivity contribution >= 4 is 44.9 Å². The predicted octanol–water partition coefficient (Wildman–Crippen LogP) is 2.50. The van der Waals surface area contributed by atoms with Gasteiger partial charge in [-0.2, -0.15) is 0 Å². The Morgan fingerprint density at radius 2 is 1.46 bits per heavy atom. The highest BCUT2D eigenvalue weighted by Gasteiger charge is 2.08. The van der Waals surface area contributed by atoms with Gasteiger partial charge in [-0.15, -0.1) is 11.3 Å².